The number of rotatable bonds is 7. The highest BCUT2D eigenvalue weighted by molar-refractivity contribution is 6.02. The summed E-state index contributed by atoms with van der Waals surface area (Å²) >= 11 is 0. The Kier molecular flexibility index (Phi) is 7.01. The van der Waals surface area contributed by atoms with Crippen LogP contribution in [0.1, 0.15) is 78.8 Å². The third kappa shape index (κ3) is 4.37. The molecular weight excluding hydrogens is 527 g/mol. The van der Waals surface area contributed by atoms with E-state index in [1.165, 1.54) is 7.11 Å². The van der Waals surface area contributed by atoms with Crippen LogP contribution < -0.4 is 14.8 Å². The fraction of sp³-hybridized carbons (Fsp3) is 0.414. The van der Waals surface area contributed by atoms with Gasteiger partial charge >= 0.3 is 12.1 Å². The number of ether oxygens (including phenoxy) is 2. The molecule has 2 atom stereocenters. The summed E-state index contributed by atoms with van der Waals surface area (Å²) in [6.45, 7) is 6.16. The van der Waals surface area contributed by atoms with E-state index in [1.54, 1.807) is 38.3 Å². The number of amides is 2. The van der Waals surface area contributed by atoms with E-state index in [1.807, 2.05) is 19.9 Å². The molecule has 1 aromatic heterocycles. The molecule has 8 nitrogen and oxygen atoms in total. The van der Waals surface area contributed by atoms with E-state index < -0.39 is 30.1 Å². The number of nitrogens with zero attached hydrogens (tertiary/aromatic N) is 2. The van der Waals surface area contributed by atoms with Crippen molar-refractivity contribution in [2.24, 2.45) is 0 Å². The number of fused-ring (bicyclic) bond motifs is 5. The van der Waals surface area contributed by atoms with Gasteiger partial charge in [-0.05, 0) is 60.1 Å². The first kappa shape index (κ1) is 27.5. The standard InChI is InChI=1S/C29H30F3N3O5/c1-6-33-27(36)25-24(26(40-34-25)19-12-17(14(2)3)22(38-4)13-23(19)39-5)15-7-8-16-18(11-15)21-10-9-20(16)35(21)28(37)29(30,31)32/h7-8,11-14,20-21H,6,9-10H2,1-5H3,(H,33,36). The smallest absolute Gasteiger partial charge is 0.471 e. The maximum atomic E-state index is 13.4. The number of alkyl halides is 3. The van der Waals surface area contributed by atoms with Crippen molar-refractivity contribution in [3.63, 3.8) is 0 Å². The molecule has 3 aromatic rings. The lowest BCUT2D eigenvalue weighted by Gasteiger charge is -2.23. The van der Waals surface area contributed by atoms with Crippen LogP contribution in [-0.4, -0.2) is 48.8 Å². The van der Waals surface area contributed by atoms with Gasteiger partial charge in [-0.25, -0.2) is 0 Å². The molecule has 11 heteroatoms. The van der Waals surface area contributed by atoms with E-state index in [0.717, 1.165) is 10.5 Å². The summed E-state index contributed by atoms with van der Waals surface area (Å²) in [5, 5.41) is 6.85. The van der Waals surface area contributed by atoms with Crippen molar-refractivity contribution in [1.82, 2.24) is 15.4 Å². The van der Waals surface area contributed by atoms with Crippen LogP contribution in [-0.2, 0) is 4.79 Å². The van der Waals surface area contributed by atoms with E-state index >= 15 is 0 Å². The molecule has 1 saturated heterocycles. The molecule has 2 aliphatic heterocycles. The maximum absolute atomic E-state index is 13.4. The van der Waals surface area contributed by atoms with Gasteiger partial charge in [-0.15, -0.1) is 0 Å². The maximum Gasteiger partial charge on any atom is 0.471 e. The van der Waals surface area contributed by atoms with Gasteiger partial charge in [0.15, 0.2) is 11.5 Å². The zero-order valence-corrected chi connectivity index (χ0v) is 22.8. The van der Waals surface area contributed by atoms with Gasteiger partial charge in [-0.1, -0.05) is 31.1 Å². The highest BCUT2D eigenvalue weighted by Gasteiger charge is 2.54. The Morgan fingerprint density at radius 1 is 1.07 bits per heavy atom. The molecule has 2 unspecified atom stereocenters. The molecule has 2 aromatic carbocycles. The summed E-state index contributed by atoms with van der Waals surface area (Å²) in [4.78, 5) is 26.3. The largest absolute Gasteiger partial charge is 0.496 e. The van der Waals surface area contributed by atoms with Crippen molar-refractivity contribution >= 4 is 11.8 Å². The molecule has 212 valence electrons. The third-order valence-electron chi connectivity index (χ3n) is 7.62. The van der Waals surface area contributed by atoms with Crippen molar-refractivity contribution in [2.45, 2.75) is 57.8 Å². The molecule has 1 N–H and O–H groups in total. The van der Waals surface area contributed by atoms with Gasteiger partial charge < -0.3 is 24.2 Å². The number of methoxy groups -OCH3 is 2. The number of carbonyl (C=O) groups is 2. The van der Waals surface area contributed by atoms with Crippen molar-refractivity contribution in [2.75, 3.05) is 20.8 Å². The topological polar surface area (TPSA) is 93.9 Å². The molecule has 0 saturated carbocycles. The number of nitrogens with one attached hydrogen (secondary N) is 1. The van der Waals surface area contributed by atoms with Gasteiger partial charge in [0.1, 0.15) is 11.5 Å². The fourth-order valence-electron chi connectivity index (χ4n) is 5.87. The molecular formula is C29H30F3N3O5. The van der Waals surface area contributed by atoms with Crippen LogP contribution in [0.3, 0.4) is 0 Å². The highest BCUT2D eigenvalue weighted by Crippen LogP contribution is 2.55. The Labute approximate surface area is 229 Å². The lowest BCUT2D eigenvalue weighted by Crippen LogP contribution is -2.39. The van der Waals surface area contributed by atoms with Crippen LogP contribution in [0, 0.1) is 0 Å². The van der Waals surface area contributed by atoms with E-state index in [2.05, 4.69) is 10.5 Å². The normalized spacial score (nSPS) is 17.8. The lowest BCUT2D eigenvalue weighted by molar-refractivity contribution is -0.188. The Hall–Kier alpha value is -4.02. The Morgan fingerprint density at radius 2 is 1.75 bits per heavy atom. The minimum absolute atomic E-state index is 0.0344. The first-order valence-electron chi connectivity index (χ1n) is 13.1. The van der Waals surface area contributed by atoms with Crippen LogP contribution in [0.2, 0.25) is 0 Å². The zero-order valence-electron chi connectivity index (χ0n) is 22.8. The SMILES string of the molecule is CCNC(=O)c1noc(-c2cc(C(C)C)c(OC)cc2OC)c1-c1ccc2c(c1)C1CCC2N1C(=O)C(F)(F)F. The van der Waals surface area contributed by atoms with Crippen molar-refractivity contribution in [1.29, 1.82) is 0 Å². The molecule has 0 radical (unpaired) electrons. The average Bonchev–Trinajstić information content (AvgIpc) is 3.63. The predicted octanol–water partition coefficient (Wildman–Crippen LogP) is 6.18. The van der Waals surface area contributed by atoms with Crippen LogP contribution in [0.5, 0.6) is 11.5 Å². The summed E-state index contributed by atoms with van der Waals surface area (Å²) in [7, 11) is 3.07. The Bertz CT molecular complexity index is 1480. The second kappa shape index (κ2) is 10.2. The lowest BCUT2D eigenvalue weighted by atomic mass is 9.88. The van der Waals surface area contributed by atoms with Gasteiger partial charge in [0.2, 0.25) is 0 Å². The van der Waals surface area contributed by atoms with Crippen LogP contribution in [0.15, 0.2) is 34.9 Å². The van der Waals surface area contributed by atoms with Crippen molar-refractivity contribution in [3.05, 3.63) is 52.7 Å². The number of aromatic nitrogens is 1. The summed E-state index contributed by atoms with van der Waals surface area (Å²) in [6, 6.07) is 7.48. The number of carbonyl (C=O) groups excluding carboxylic acids is 2. The number of hydrogen-bond acceptors (Lipinski definition) is 6. The Balaban J connectivity index is 1.69. The number of hydrogen-bond donors (Lipinski definition) is 1. The molecule has 3 heterocycles. The minimum Gasteiger partial charge on any atom is -0.496 e. The third-order valence-corrected chi connectivity index (χ3v) is 7.62. The molecule has 40 heavy (non-hydrogen) atoms. The molecule has 2 bridgehead atoms. The van der Waals surface area contributed by atoms with Crippen LogP contribution in [0.4, 0.5) is 13.2 Å². The Morgan fingerprint density at radius 3 is 2.35 bits per heavy atom. The van der Waals surface area contributed by atoms with Gasteiger partial charge in [0.05, 0.1) is 37.4 Å². The first-order chi connectivity index (χ1) is 19.0. The van der Waals surface area contributed by atoms with E-state index in [4.69, 9.17) is 14.0 Å². The van der Waals surface area contributed by atoms with Crippen molar-refractivity contribution in [3.8, 4) is 33.9 Å². The van der Waals surface area contributed by atoms with Crippen molar-refractivity contribution < 1.29 is 36.8 Å². The summed E-state index contributed by atoms with van der Waals surface area (Å²) in [5.41, 5.74) is 3.68. The van der Waals surface area contributed by atoms with E-state index in [9.17, 15) is 22.8 Å². The molecule has 0 aliphatic carbocycles. The number of halogens is 3. The fourth-order valence-corrected chi connectivity index (χ4v) is 5.87. The van der Waals surface area contributed by atoms with Gasteiger partial charge in [-0.3, -0.25) is 9.59 Å². The average molecular weight is 558 g/mol. The van der Waals surface area contributed by atoms with E-state index in [-0.39, 0.29) is 17.4 Å². The molecule has 5 rings (SSSR count). The number of benzene rings is 2. The first-order valence-corrected chi connectivity index (χ1v) is 13.1. The van der Waals surface area contributed by atoms with Gasteiger partial charge in [0, 0.05) is 12.6 Å². The minimum atomic E-state index is -4.96. The highest BCUT2D eigenvalue weighted by atomic mass is 19.4. The quantitative estimate of drug-likeness (QED) is 0.373. The zero-order chi connectivity index (χ0) is 28.9. The molecule has 2 aliphatic rings. The van der Waals surface area contributed by atoms with Crippen LogP contribution in [0.25, 0.3) is 22.5 Å². The summed E-state index contributed by atoms with van der Waals surface area (Å²) < 4.78 is 57.2. The predicted molar refractivity (Wildman–Crippen MR) is 140 cm³/mol. The van der Waals surface area contributed by atoms with Gasteiger partial charge in [0.25, 0.3) is 5.91 Å². The molecule has 1 fully saturated rings. The van der Waals surface area contributed by atoms with Gasteiger partial charge in [-0.2, -0.15) is 13.2 Å². The van der Waals surface area contributed by atoms with E-state index in [0.29, 0.717) is 58.7 Å². The summed E-state index contributed by atoms with van der Waals surface area (Å²) in [5.74, 6) is -0.877. The second-order valence-corrected chi connectivity index (χ2v) is 10.2. The second-order valence-electron chi connectivity index (χ2n) is 10.2. The van der Waals surface area contributed by atoms with Crippen LogP contribution >= 0.6 is 0 Å². The molecule has 0 spiro atoms. The molecule has 2 amide bonds. The monoisotopic (exact) mass is 557 g/mol. The summed E-state index contributed by atoms with van der Waals surface area (Å²) in [6.07, 6.45) is -4.08.